The van der Waals surface area contributed by atoms with Crippen molar-refractivity contribution in [3.05, 3.63) is 182 Å². The molecule has 0 N–H and O–H groups in total. The van der Waals surface area contributed by atoms with Gasteiger partial charge in [0, 0.05) is 43.8 Å². The maximum atomic E-state index is 6.16. The van der Waals surface area contributed by atoms with Crippen LogP contribution in [0.4, 0.5) is 17.1 Å². The number of fused-ring (bicyclic) bond motifs is 8. The fourth-order valence-electron chi connectivity index (χ4n) is 8.72. The number of hydrogen-bond acceptors (Lipinski definition) is 5. The molecule has 260 valence electrons. The summed E-state index contributed by atoms with van der Waals surface area (Å²) < 4.78 is 6.16. The Morgan fingerprint density at radius 1 is 0.357 bits per heavy atom. The van der Waals surface area contributed by atoms with Gasteiger partial charge in [-0.2, -0.15) is 0 Å². The summed E-state index contributed by atoms with van der Waals surface area (Å²) >= 11 is 0. The van der Waals surface area contributed by atoms with Crippen molar-refractivity contribution in [2.45, 2.75) is 0 Å². The van der Waals surface area contributed by atoms with Crippen molar-refractivity contribution in [3.8, 4) is 45.3 Å². The number of nitrogens with zero attached hydrogens (tertiary/aromatic N) is 4. The molecule has 0 bridgehead atoms. The van der Waals surface area contributed by atoms with Crippen LogP contribution in [-0.2, 0) is 0 Å². The highest BCUT2D eigenvalue weighted by Crippen LogP contribution is 2.54. The maximum absolute atomic E-state index is 6.16. The van der Waals surface area contributed by atoms with Crippen LogP contribution in [0.15, 0.2) is 186 Å². The Morgan fingerprint density at radius 2 is 1.00 bits per heavy atom. The molecule has 0 atom stereocenters. The van der Waals surface area contributed by atoms with E-state index in [4.69, 9.17) is 19.4 Å². The molecule has 1 aliphatic heterocycles. The lowest BCUT2D eigenvalue weighted by Crippen LogP contribution is -2.15. The molecule has 56 heavy (non-hydrogen) atoms. The van der Waals surface area contributed by atoms with E-state index in [1.54, 1.807) is 0 Å². The van der Waals surface area contributed by atoms with Crippen LogP contribution in [0.5, 0.6) is 0 Å². The van der Waals surface area contributed by atoms with Gasteiger partial charge in [-0.15, -0.1) is 0 Å². The van der Waals surface area contributed by atoms with E-state index in [0.29, 0.717) is 17.5 Å². The van der Waals surface area contributed by atoms with Crippen molar-refractivity contribution >= 4 is 71.3 Å². The summed E-state index contributed by atoms with van der Waals surface area (Å²) in [5.74, 6) is 1.84. The number of anilines is 3. The Labute approximate surface area is 321 Å². The summed E-state index contributed by atoms with van der Waals surface area (Å²) in [5, 5.41) is 9.20. The molecule has 3 heterocycles. The third-order valence-electron chi connectivity index (χ3n) is 11.2. The average molecular weight is 715 g/mol. The Balaban J connectivity index is 1.09. The van der Waals surface area contributed by atoms with Gasteiger partial charge >= 0.3 is 0 Å². The first-order valence-corrected chi connectivity index (χ1v) is 18.9. The first kappa shape index (κ1) is 30.8. The summed E-state index contributed by atoms with van der Waals surface area (Å²) in [5.41, 5.74) is 10.4. The van der Waals surface area contributed by atoms with Crippen molar-refractivity contribution in [1.82, 2.24) is 15.0 Å². The molecule has 0 spiro atoms. The normalized spacial score (nSPS) is 12.2. The van der Waals surface area contributed by atoms with Gasteiger partial charge in [0.1, 0.15) is 11.2 Å². The monoisotopic (exact) mass is 714 g/mol. The zero-order valence-electron chi connectivity index (χ0n) is 30.0. The Hall–Kier alpha value is -7.63. The van der Waals surface area contributed by atoms with Gasteiger partial charge in [0.25, 0.3) is 0 Å². The number of benzene rings is 9. The molecule has 5 heteroatoms. The Morgan fingerprint density at radius 3 is 1.91 bits per heavy atom. The number of para-hydroxylation sites is 1. The molecular weight excluding hydrogens is 685 g/mol. The molecule has 1 aliphatic rings. The number of hydrogen-bond donors (Lipinski definition) is 0. The first-order valence-electron chi connectivity index (χ1n) is 18.9. The molecule has 12 rings (SSSR count). The van der Waals surface area contributed by atoms with Gasteiger partial charge < -0.3 is 9.32 Å². The number of aromatic nitrogens is 3. The first-order chi connectivity index (χ1) is 27.8. The topological polar surface area (TPSA) is 55.1 Å². The van der Waals surface area contributed by atoms with Gasteiger partial charge in [-0.25, -0.2) is 15.0 Å². The molecule has 0 saturated carbocycles. The van der Waals surface area contributed by atoms with Crippen molar-refractivity contribution in [2.75, 3.05) is 4.90 Å². The van der Waals surface area contributed by atoms with E-state index in [-0.39, 0.29) is 0 Å². The van der Waals surface area contributed by atoms with Gasteiger partial charge in [0.2, 0.25) is 0 Å². The van der Waals surface area contributed by atoms with Crippen LogP contribution in [-0.4, -0.2) is 15.0 Å². The molecule has 2 aromatic heterocycles. The van der Waals surface area contributed by atoms with Crippen molar-refractivity contribution in [1.29, 1.82) is 0 Å². The standard InChI is InChI=1S/C51H30N4O/c1-2-13-33(14-3-1)49-52-50(34-27-29-46-41(30-34)38-18-6-7-25-45(38)56-46)54-51(53-49)39-21-10-20-37-36(39)19-11-23-42(37)55-43-24-9-16-32-15-8-22-40(47(32)43)48-35-17-5-4-12-31(35)26-28-44(48)55/h1-30H. The molecular formula is C51H30N4O. The zero-order chi connectivity index (χ0) is 36.7. The second kappa shape index (κ2) is 11.9. The summed E-state index contributed by atoms with van der Waals surface area (Å²) in [4.78, 5) is 17.9. The SMILES string of the molecule is c1ccc(-c2nc(-c3ccc4oc5ccccc5c4c3)nc(-c3cccc4c(N5c6ccc7ccccc7c6-c6cccc7cccc5c67)cccc34)n2)cc1. The fourth-order valence-corrected chi connectivity index (χ4v) is 8.72. The van der Waals surface area contributed by atoms with Crippen LogP contribution in [0.1, 0.15) is 0 Å². The lowest BCUT2D eigenvalue weighted by atomic mass is 9.87. The van der Waals surface area contributed by atoms with Crippen LogP contribution < -0.4 is 4.90 Å². The molecule has 11 aromatic rings. The Kier molecular flexibility index (Phi) is 6.56. The van der Waals surface area contributed by atoms with Gasteiger partial charge in [0.15, 0.2) is 17.5 Å². The predicted molar refractivity (Wildman–Crippen MR) is 230 cm³/mol. The lowest BCUT2D eigenvalue weighted by molar-refractivity contribution is 0.669. The maximum Gasteiger partial charge on any atom is 0.164 e. The van der Waals surface area contributed by atoms with Crippen LogP contribution in [0.2, 0.25) is 0 Å². The molecule has 0 unspecified atom stereocenters. The van der Waals surface area contributed by atoms with Crippen molar-refractivity contribution < 1.29 is 4.42 Å². The third-order valence-corrected chi connectivity index (χ3v) is 11.2. The van der Waals surface area contributed by atoms with E-state index in [0.717, 1.165) is 66.5 Å². The summed E-state index contributed by atoms with van der Waals surface area (Å²) in [6.07, 6.45) is 0. The molecule has 0 saturated heterocycles. The summed E-state index contributed by atoms with van der Waals surface area (Å²) in [6.45, 7) is 0. The molecule has 0 aliphatic carbocycles. The van der Waals surface area contributed by atoms with E-state index in [1.165, 1.54) is 32.7 Å². The second-order valence-corrected chi connectivity index (χ2v) is 14.4. The highest BCUT2D eigenvalue weighted by atomic mass is 16.3. The number of rotatable bonds is 4. The van der Waals surface area contributed by atoms with E-state index in [9.17, 15) is 0 Å². The third kappa shape index (κ3) is 4.58. The molecule has 0 radical (unpaired) electrons. The van der Waals surface area contributed by atoms with Crippen molar-refractivity contribution in [2.24, 2.45) is 0 Å². The predicted octanol–water partition coefficient (Wildman–Crippen LogP) is 13.7. The van der Waals surface area contributed by atoms with Crippen LogP contribution >= 0.6 is 0 Å². The zero-order valence-corrected chi connectivity index (χ0v) is 30.0. The highest BCUT2D eigenvalue weighted by Gasteiger charge is 2.28. The number of furan rings is 1. The average Bonchev–Trinajstić information content (AvgIpc) is 3.64. The lowest BCUT2D eigenvalue weighted by Gasteiger charge is -2.35. The molecule has 0 amide bonds. The van der Waals surface area contributed by atoms with Crippen LogP contribution in [0.25, 0.3) is 99.5 Å². The summed E-state index contributed by atoms with van der Waals surface area (Å²) in [7, 11) is 0. The van der Waals surface area contributed by atoms with E-state index in [1.807, 2.05) is 60.7 Å². The van der Waals surface area contributed by atoms with Gasteiger partial charge in [-0.1, -0.05) is 140 Å². The quantitative estimate of drug-likeness (QED) is 0.182. The van der Waals surface area contributed by atoms with Gasteiger partial charge in [0.05, 0.1) is 17.1 Å². The fraction of sp³-hybridized carbons (Fsp3) is 0. The summed E-state index contributed by atoms with van der Waals surface area (Å²) in [6, 6.07) is 64.0. The minimum Gasteiger partial charge on any atom is -0.456 e. The second-order valence-electron chi connectivity index (χ2n) is 14.4. The largest absolute Gasteiger partial charge is 0.456 e. The van der Waals surface area contributed by atoms with Crippen LogP contribution in [0.3, 0.4) is 0 Å². The van der Waals surface area contributed by atoms with E-state index >= 15 is 0 Å². The minimum atomic E-state index is 0.606. The van der Waals surface area contributed by atoms with Gasteiger partial charge in [-0.3, -0.25) is 0 Å². The molecule has 9 aromatic carbocycles. The van der Waals surface area contributed by atoms with E-state index in [2.05, 4.69) is 126 Å². The van der Waals surface area contributed by atoms with Gasteiger partial charge in [-0.05, 0) is 69.6 Å². The minimum absolute atomic E-state index is 0.606. The highest BCUT2D eigenvalue weighted by molar-refractivity contribution is 6.21. The Bertz CT molecular complexity index is 3380. The smallest absolute Gasteiger partial charge is 0.164 e. The van der Waals surface area contributed by atoms with Crippen molar-refractivity contribution in [3.63, 3.8) is 0 Å². The molecule has 0 fully saturated rings. The van der Waals surface area contributed by atoms with E-state index < -0.39 is 0 Å². The molecule has 5 nitrogen and oxygen atoms in total. The van der Waals surface area contributed by atoms with Crippen LogP contribution in [0, 0.1) is 0 Å².